The molecule has 142 heavy (non-hydrogen) atoms. The summed E-state index contributed by atoms with van der Waals surface area (Å²) in [5.41, 5.74) is 18.0. The summed E-state index contributed by atoms with van der Waals surface area (Å²) in [6, 6.07) is 111. The Morgan fingerprint density at radius 3 is 0.746 bits per heavy atom. The van der Waals surface area contributed by atoms with E-state index in [1.54, 1.807) is 107 Å². The minimum Gasteiger partial charge on any atom is -0.574 e. The van der Waals surface area contributed by atoms with Crippen molar-refractivity contribution in [3.8, 4) is 68.4 Å². The van der Waals surface area contributed by atoms with Crippen molar-refractivity contribution in [3.05, 3.63) is 461 Å². The molecule has 24 rings (SSSR count). The van der Waals surface area contributed by atoms with E-state index in [-0.39, 0.29) is 101 Å². The minimum absolute atomic E-state index is 0. The first-order chi connectivity index (χ1) is 67.5. The zero-order chi connectivity index (χ0) is 96.9. The summed E-state index contributed by atoms with van der Waals surface area (Å²) < 4.78 is 138. The maximum Gasteiger partial charge on any atom is 0.431 e. The third-order valence-corrected chi connectivity index (χ3v) is 20.7. The Kier molecular flexibility index (Phi) is 35.1. The Balaban J connectivity index is 0.000000134. The minimum atomic E-state index is -4.46. The van der Waals surface area contributed by atoms with Crippen molar-refractivity contribution in [2.75, 3.05) is 0 Å². The van der Waals surface area contributed by atoms with Crippen molar-refractivity contribution < 1.29 is 127 Å². The van der Waals surface area contributed by atoms with Crippen LogP contribution in [-0.4, -0.2) is 68.1 Å². The van der Waals surface area contributed by atoms with Gasteiger partial charge in [-0.2, -0.15) is 91.2 Å². The van der Waals surface area contributed by atoms with Crippen LogP contribution >= 0.6 is 0 Å². The van der Waals surface area contributed by atoms with Crippen LogP contribution in [0, 0.1) is 109 Å². The number of imidazole rings is 6. The molecule has 0 atom stereocenters. The van der Waals surface area contributed by atoms with E-state index < -0.39 is 11.9 Å². The largest absolute Gasteiger partial charge is 0.574 e. The van der Waals surface area contributed by atoms with Crippen LogP contribution in [-0.2, 0) is 109 Å². The van der Waals surface area contributed by atoms with Crippen LogP contribution in [0.2, 0.25) is 0 Å². The van der Waals surface area contributed by atoms with Gasteiger partial charge in [0.25, 0.3) is 0 Å². The second kappa shape index (κ2) is 48.3. The van der Waals surface area contributed by atoms with Gasteiger partial charge in [0.1, 0.15) is 5.69 Å². The quantitative estimate of drug-likeness (QED) is 0.0757. The molecule has 35 heteroatoms. The van der Waals surface area contributed by atoms with Crippen molar-refractivity contribution >= 4 is 66.2 Å². The van der Waals surface area contributed by atoms with Gasteiger partial charge in [-0.3, -0.25) is 25.3 Å². The molecule has 0 spiro atoms. The molecule has 0 bridgehead atoms. The first kappa shape index (κ1) is 103. The Hall–Kier alpha value is -16.3. The summed E-state index contributed by atoms with van der Waals surface area (Å²) in [6.07, 6.45) is 20.9. The monoisotopic (exact) mass is 2430 g/mol. The van der Waals surface area contributed by atoms with E-state index >= 15 is 0 Å². The average Bonchev–Trinajstić information content (AvgIpc) is 1.66. The summed E-state index contributed by atoms with van der Waals surface area (Å²) >= 11 is 0. The van der Waals surface area contributed by atoms with Crippen molar-refractivity contribution in [1.29, 1.82) is 0 Å². The number of aromatic nitrogens is 23. The summed E-state index contributed by atoms with van der Waals surface area (Å²) in [6.45, 7) is 0. The molecule has 3 radical (unpaired) electrons. The first-order valence-corrected chi connectivity index (χ1v) is 42.4. The fourth-order valence-electron chi connectivity index (χ4n) is 14.3. The second-order valence-corrected chi connectivity index (χ2v) is 30.1. The third-order valence-electron chi connectivity index (χ3n) is 20.7. The first-order valence-electron chi connectivity index (χ1n) is 42.4. The number of rotatable bonds is 9. The number of pyridine rings is 3. The van der Waals surface area contributed by atoms with Crippen LogP contribution < -0.4 is 42.7 Å². The van der Waals surface area contributed by atoms with Gasteiger partial charge in [0, 0.05) is 131 Å². The maximum atomic E-state index is 13.2. The smallest absolute Gasteiger partial charge is 0.431 e. The number of nitrogens with zero attached hydrogens (tertiary/aromatic N) is 23. The zero-order valence-corrected chi connectivity index (χ0v) is 82.8. The van der Waals surface area contributed by atoms with Gasteiger partial charge in [-0.25, -0.2) is 26.3 Å². The Morgan fingerprint density at radius 1 is 0.275 bits per heavy atom. The number of hydrogen-bond donors (Lipinski definition) is 0. The van der Waals surface area contributed by atoms with Gasteiger partial charge in [-0.05, 0) is 42.5 Å². The van der Waals surface area contributed by atoms with Crippen molar-refractivity contribution in [1.82, 2.24) is 83.4 Å². The van der Waals surface area contributed by atoms with E-state index in [1.807, 2.05) is 252 Å². The van der Waals surface area contributed by atoms with Crippen LogP contribution in [0.5, 0.6) is 0 Å². The standard InChI is InChI=1S/6C14H10FN2.C9H5F3N3.C8H6N3.C6H4N5.3Ir/c6*1-16-10-17(12-6-4-5-11(15)9-12)14-8-3-2-7-13(14)16;10-9(11,12)8-5-7(14-15-8)6-3-1-2-4-13-6;1-2-5-9-7(3-1)8-4-6-10-11-8;1-2-4-7-5(3-1)6-8-10-11-9-6;;;/h6*2-5,7-9H,1H3;1-5H;1-6H;1-4H;;;/q9*-1;;;. The SMILES string of the molecule is C[n+]1[c-]n(-c2[c-]ccc(F)c2)c2ccccc21.C[n+]1[c-]n(-c2[c-]ccc(F)c2)c2ccccc21.C[n+]1[c-]n(-c2[c-]ccc(F)c2)c2ccccc21.C[n+]1[c-]n(-c2[c-]ccc(F)c2)c2ccccc21.C[n+]1[c-]n(-c2[c-]ccc(F)c2)c2ccccc21.C[n+]1[c-]n(-c2[c-]ccc(F)c2)c2ccccc21.FC(F)(F)c1cc(-c2ccccn2)[n-]n1.[Ir].[Ir].[Ir].c1ccc(-c2ccn[n-]2)nc1.c1ccc(-c2nnn[n-]2)nc1. The molecule has 0 saturated carbocycles. The molecule has 0 aliphatic heterocycles. The molecule has 12 aromatic heterocycles. The van der Waals surface area contributed by atoms with E-state index in [0.29, 0.717) is 51.3 Å². The number of alkyl halides is 3. The van der Waals surface area contributed by atoms with E-state index in [4.69, 9.17) is 0 Å². The molecule has 0 unspecified atom stereocenters. The van der Waals surface area contributed by atoms with E-state index in [0.717, 1.165) is 83.7 Å². The molecule has 23 nitrogen and oxygen atoms in total. The molecule has 717 valence electrons. The Labute approximate surface area is 848 Å². The Bertz CT molecular complexity index is 7200. The summed E-state index contributed by atoms with van der Waals surface area (Å²) in [5, 5.41) is 28.1. The predicted molar refractivity (Wildman–Crippen MR) is 495 cm³/mol. The summed E-state index contributed by atoms with van der Waals surface area (Å²) in [4.78, 5) is 12.0. The van der Waals surface area contributed by atoms with Gasteiger partial charge in [0.2, 0.25) is 38.0 Å². The van der Waals surface area contributed by atoms with Crippen LogP contribution in [0.25, 0.3) is 135 Å². The van der Waals surface area contributed by atoms with Crippen molar-refractivity contribution in [2.45, 2.75) is 6.18 Å². The van der Waals surface area contributed by atoms with Crippen molar-refractivity contribution in [2.24, 2.45) is 42.3 Å². The molecule has 0 aliphatic rings. The molecule has 0 amide bonds. The molecule has 24 aromatic rings. The van der Waals surface area contributed by atoms with Crippen LogP contribution in [0.3, 0.4) is 0 Å². The third kappa shape index (κ3) is 25.4. The predicted octanol–water partition coefficient (Wildman–Crippen LogP) is 16.3. The molecule has 12 heterocycles. The number of fused-ring (bicyclic) bond motifs is 6. The van der Waals surface area contributed by atoms with Gasteiger partial charge in [0.05, 0.1) is 120 Å². The fourth-order valence-corrected chi connectivity index (χ4v) is 14.3. The topological polar surface area (TPSA) is 198 Å². The summed E-state index contributed by atoms with van der Waals surface area (Å²) in [7, 11) is 11.5. The summed E-state index contributed by atoms with van der Waals surface area (Å²) in [5.74, 6) is -1.16. The molecular formula is C107H75F9Ir3N23-9. The van der Waals surface area contributed by atoms with E-state index in [9.17, 15) is 39.5 Å². The fraction of sp³-hybridized carbons (Fsp3) is 0.0654. The number of halogens is 9. The normalized spacial score (nSPS) is 10.6. The van der Waals surface area contributed by atoms with E-state index in [2.05, 4.69) is 130 Å². The number of benzene rings is 12. The average molecular weight is 2430 g/mol. The molecule has 12 aromatic carbocycles. The second-order valence-electron chi connectivity index (χ2n) is 30.1. The number of aryl methyl sites for hydroxylation is 6. The van der Waals surface area contributed by atoms with Crippen molar-refractivity contribution in [3.63, 3.8) is 0 Å². The number of para-hydroxylation sites is 12. The Morgan fingerprint density at radius 2 is 0.528 bits per heavy atom. The molecule has 0 aliphatic carbocycles. The van der Waals surface area contributed by atoms with Crippen LogP contribution in [0.1, 0.15) is 5.69 Å². The van der Waals surface area contributed by atoms with Gasteiger partial charge in [-0.1, -0.05) is 215 Å². The molecule has 0 saturated heterocycles. The maximum absolute atomic E-state index is 13.2. The van der Waals surface area contributed by atoms with Crippen LogP contribution in [0.4, 0.5) is 39.5 Å². The number of hydrogen-bond acceptors (Lipinski definition) is 8. The van der Waals surface area contributed by atoms with Gasteiger partial charge >= 0.3 is 6.18 Å². The van der Waals surface area contributed by atoms with Gasteiger partial charge in [-0.15, -0.1) is 72.8 Å². The molecular weight excluding hydrogens is 2350 g/mol. The zero-order valence-electron chi connectivity index (χ0n) is 75.6. The van der Waals surface area contributed by atoms with Crippen LogP contribution in [0.15, 0.2) is 346 Å². The number of tetrazole rings is 1. The van der Waals surface area contributed by atoms with E-state index in [1.165, 1.54) is 79.0 Å². The molecule has 0 fully saturated rings. The van der Waals surface area contributed by atoms with Gasteiger partial charge < -0.3 is 80.3 Å². The molecule has 0 N–H and O–H groups in total. The van der Waals surface area contributed by atoms with Gasteiger partial charge in [0.15, 0.2) is 0 Å².